The van der Waals surface area contributed by atoms with Gasteiger partial charge < -0.3 is 20.8 Å². The summed E-state index contributed by atoms with van der Waals surface area (Å²) in [6, 6.07) is 12.5. The van der Waals surface area contributed by atoms with E-state index in [0.717, 1.165) is 42.6 Å². The highest BCUT2D eigenvalue weighted by atomic mass is 19.4. The summed E-state index contributed by atoms with van der Waals surface area (Å²) in [5.41, 5.74) is -1.92. The van der Waals surface area contributed by atoms with Gasteiger partial charge in [-0.15, -0.1) is 0 Å². The van der Waals surface area contributed by atoms with Crippen LogP contribution in [0, 0.1) is 0 Å². The van der Waals surface area contributed by atoms with Gasteiger partial charge >= 0.3 is 24.4 Å². The molecule has 8 nitrogen and oxygen atoms in total. The fourth-order valence-corrected chi connectivity index (χ4v) is 5.18. The van der Waals surface area contributed by atoms with Gasteiger partial charge in [-0.3, -0.25) is 9.69 Å². The van der Waals surface area contributed by atoms with Crippen LogP contribution in [-0.2, 0) is 23.7 Å². The summed E-state index contributed by atoms with van der Waals surface area (Å²) in [4.78, 5) is 37.8. The van der Waals surface area contributed by atoms with E-state index in [1.165, 1.54) is 24.3 Å². The molecule has 0 aromatic heterocycles. The Balaban J connectivity index is 1.61. The molecule has 3 aromatic rings. The first kappa shape index (κ1) is 34.3. The molecular weight excluding hydrogens is 620 g/mol. The number of halogens is 6. The Bertz CT molecular complexity index is 1500. The van der Waals surface area contributed by atoms with Crippen molar-refractivity contribution in [3.05, 3.63) is 94.5 Å². The molecular formula is C32H31F6N3O5. The molecule has 0 radical (unpaired) electrons. The predicted molar refractivity (Wildman–Crippen MR) is 156 cm³/mol. The molecule has 1 aliphatic carbocycles. The van der Waals surface area contributed by atoms with E-state index in [1.807, 2.05) is 12.1 Å². The van der Waals surface area contributed by atoms with Crippen LogP contribution in [0.4, 0.5) is 42.5 Å². The summed E-state index contributed by atoms with van der Waals surface area (Å²) < 4.78 is 80.6. The zero-order valence-corrected chi connectivity index (χ0v) is 24.3. The summed E-state index contributed by atoms with van der Waals surface area (Å²) in [5, 5.41) is 22.6. The van der Waals surface area contributed by atoms with Crippen LogP contribution in [0.15, 0.2) is 66.7 Å². The number of rotatable bonds is 9. The van der Waals surface area contributed by atoms with Gasteiger partial charge in [0, 0.05) is 16.9 Å². The number of benzene rings is 3. The Morgan fingerprint density at radius 2 is 1.39 bits per heavy atom. The number of aliphatic hydroxyl groups is 1. The minimum Gasteiger partial charge on any atom is -0.479 e. The number of aliphatic carboxylic acids is 1. The molecule has 1 fully saturated rings. The van der Waals surface area contributed by atoms with E-state index < -0.39 is 59.7 Å². The third-order valence-corrected chi connectivity index (χ3v) is 7.66. The largest absolute Gasteiger partial charge is 0.479 e. The van der Waals surface area contributed by atoms with Crippen molar-refractivity contribution in [1.29, 1.82) is 0 Å². The molecule has 4 rings (SSSR count). The van der Waals surface area contributed by atoms with Crippen molar-refractivity contribution in [2.75, 3.05) is 16.8 Å². The molecule has 3 amide bonds. The topological polar surface area (TPSA) is 119 Å². The Morgan fingerprint density at radius 1 is 0.826 bits per heavy atom. The summed E-state index contributed by atoms with van der Waals surface area (Å²) in [7, 11) is 0. The Hall–Kier alpha value is -4.59. The highest BCUT2D eigenvalue weighted by molar-refractivity contribution is 6.02. The van der Waals surface area contributed by atoms with Gasteiger partial charge in [0.05, 0.1) is 24.2 Å². The molecule has 0 saturated heterocycles. The van der Waals surface area contributed by atoms with E-state index in [0.29, 0.717) is 29.3 Å². The second kappa shape index (κ2) is 14.2. The number of carboxylic acid groups (broad SMARTS) is 1. The van der Waals surface area contributed by atoms with Crippen molar-refractivity contribution >= 4 is 29.3 Å². The number of amides is 3. The van der Waals surface area contributed by atoms with Crippen molar-refractivity contribution in [2.24, 2.45) is 0 Å². The van der Waals surface area contributed by atoms with Crippen molar-refractivity contribution in [3.63, 3.8) is 0 Å². The third kappa shape index (κ3) is 8.99. The van der Waals surface area contributed by atoms with Crippen LogP contribution in [0.1, 0.15) is 70.6 Å². The van der Waals surface area contributed by atoms with Gasteiger partial charge in [-0.05, 0) is 72.4 Å². The number of hydrogen-bond acceptors (Lipinski definition) is 4. The number of hydrogen-bond donors (Lipinski definition) is 4. The number of carbonyl (C=O) groups is 3. The summed E-state index contributed by atoms with van der Waals surface area (Å²) in [6.07, 6.45) is -6.66. The fraction of sp³-hybridized carbons (Fsp3) is 0.344. The molecule has 0 bridgehead atoms. The van der Waals surface area contributed by atoms with Crippen LogP contribution in [0.5, 0.6) is 0 Å². The van der Waals surface area contributed by atoms with Crippen LogP contribution in [0.25, 0.3) is 0 Å². The number of aliphatic hydroxyl groups excluding tert-OH is 1. The number of urea groups is 1. The van der Waals surface area contributed by atoms with E-state index >= 15 is 0 Å². The predicted octanol–water partition coefficient (Wildman–Crippen LogP) is 7.19. The molecule has 1 atom stereocenters. The van der Waals surface area contributed by atoms with Gasteiger partial charge in [-0.25, -0.2) is 9.59 Å². The molecule has 3 aromatic carbocycles. The molecule has 246 valence electrons. The van der Waals surface area contributed by atoms with Crippen molar-refractivity contribution in [1.82, 2.24) is 5.32 Å². The Kier molecular flexibility index (Phi) is 10.6. The SMILES string of the molecule is O=C(NCC(O)C(=O)O)c1ccc(CN(C(=O)Nc2cc(C(F)(F)F)cc(C(F)(F)F)c2)c2ccc(C3CCCCC3)cc2)cc1. The molecule has 1 unspecified atom stereocenters. The standard InChI is InChI=1S/C32H31F6N3O5/c33-31(34,35)23-14-24(32(36,37)38)16-25(15-23)40-30(46)41(26-12-10-21(11-13-26)20-4-2-1-3-5-20)18-19-6-8-22(9-7-19)28(43)39-17-27(42)29(44)45/h6-16,20,27,42H,1-5,17-18H2,(H,39,43)(H,40,46)(H,44,45). The van der Waals surface area contributed by atoms with Gasteiger partial charge in [0.2, 0.25) is 0 Å². The van der Waals surface area contributed by atoms with E-state index in [9.17, 15) is 45.8 Å². The first-order valence-corrected chi connectivity index (χ1v) is 14.4. The average molecular weight is 652 g/mol. The lowest BCUT2D eigenvalue weighted by Crippen LogP contribution is -2.36. The molecule has 0 aliphatic heterocycles. The van der Waals surface area contributed by atoms with Gasteiger partial charge in [0.15, 0.2) is 6.10 Å². The Morgan fingerprint density at radius 3 is 1.91 bits per heavy atom. The van der Waals surface area contributed by atoms with Crippen molar-refractivity contribution < 1.29 is 50.9 Å². The maximum atomic E-state index is 13.5. The quantitative estimate of drug-likeness (QED) is 0.183. The zero-order chi connectivity index (χ0) is 33.6. The van der Waals surface area contributed by atoms with Crippen LogP contribution in [-0.4, -0.2) is 40.8 Å². The second-order valence-corrected chi connectivity index (χ2v) is 11.0. The second-order valence-electron chi connectivity index (χ2n) is 11.0. The lowest BCUT2D eigenvalue weighted by atomic mass is 9.84. The minimum atomic E-state index is -5.10. The number of carbonyl (C=O) groups excluding carboxylic acids is 2. The number of carboxylic acids is 1. The molecule has 1 aliphatic rings. The van der Waals surface area contributed by atoms with Crippen LogP contribution in [0.2, 0.25) is 0 Å². The van der Waals surface area contributed by atoms with E-state index in [1.54, 1.807) is 12.1 Å². The van der Waals surface area contributed by atoms with E-state index in [4.69, 9.17) is 5.11 Å². The van der Waals surface area contributed by atoms with Crippen molar-refractivity contribution in [3.8, 4) is 0 Å². The molecule has 4 N–H and O–H groups in total. The molecule has 0 spiro atoms. The lowest BCUT2D eigenvalue weighted by molar-refractivity contribution is -0.146. The monoisotopic (exact) mass is 651 g/mol. The number of anilines is 2. The number of alkyl halides is 6. The van der Waals surface area contributed by atoms with E-state index in [-0.39, 0.29) is 18.2 Å². The molecule has 1 saturated carbocycles. The number of nitrogens with one attached hydrogen (secondary N) is 2. The summed E-state index contributed by atoms with van der Waals surface area (Å²) >= 11 is 0. The zero-order valence-electron chi connectivity index (χ0n) is 24.3. The maximum absolute atomic E-state index is 13.5. The first-order chi connectivity index (χ1) is 21.6. The van der Waals surface area contributed by atoms with Crippen LogP contribution < -0.4 is 15.5 Å². The maximum Gasteiger partial charge on any atom is 0.416 e. The highest BCUT2D eigenvalue weighted by Crippen LogP contribution is 2.38. The molecule has 46 heavy (non-hydrogen) atoms. The van der Waals surface area contributed by atoms with Gasteiger partial charge in [-0.1, -0.05) is 43.5 Å². The minimum absolute atomic E-state index is 0.0303. The summed E-state index contributed by atoms with van der Waals surface area (Å²) in [6.45, 7) is -0.717. The molecule has 0 heterocycles. The van der Waals surface area contributed by atoms with Crippen LogP contribution >= 0.6 is 0 Å². The van der Waals surface area contributed by atoms with Crippen molar-refractivity contribution in [2.45, 2.75) is 63.0 Å². The average Bonchev–Trinajstić information content (AvgIpc) is 3.02. The normalized spacial score (nSPS) is 14.8. The summed E-state index contributed by atoms with van der Waals surface area (Å²) in [5.74, 6) is -1.85. The lowest BCUT2D eigenvalue weighted by Gasteiger charge is -2.26. The molecule has 14 heteroatoms. The Labute approximate surface area is 260 Å². The first-order valence-electron chi connectivity index (χ1n) is 14.4. The van der Waals surface area contributed by atoms with Gasteiger partial charge in [0.25, 0.3) is 5.91 Å². The van der Waals surface area contributed by atoms with Gasteiger partial charge in [-0.2, -0.15) is 26.3 Å². The van der Waals surface area contributed by atoms with Gasteiger partial charge in [0.1, 0.15) is 0 Å². The smallest absolute Gasteiger partial charge is 0.416 e. The fourth-order valence-electron chi connectivity index (χ4n) is 5.18. The van der Waals surface area contributed by atoms with E-state index in [2.05, 4.69) is 10.6 Å². The number of nitrogens with zero attached hydrogens (tertiary/aromatic N) is 1. The third-order valence-electron chi connectivity index (χ3n) is 7.66. The van der Waals surface area contributed by atoms with Crippen LogP contribution in [0.3, 0.4) is 0 Å². The highest BCUT2D eigenvalue weighted by Gasteiger charge is 2.37.